The van der Waals surface area contributed by atoms with Crippen LogP contribution in [0.4, 0.5) is 0 Å². The number of aryl methyl sites for hydroxylation is 1. The molecular formula is C17H26N2S. The first-order valence-electron chi connectivity index (χ1n) is 7.40. The summed E-state index contributed by atoms with van der Waals surface area (Å²) in [5.74, 6) is 1.06. The van der Waals surface area contributed by atoms with Crippen LogP contribution in [-0.4, -0.2) is 17.3 Å². The molecule has 0 amide bonds. The Balaban J connectivity index is 2.41. The number of thioether (sulfide) groups is 1. The van der Waals surface area contributed by atoms with Crippen LogP contribution >= 0.6 is 11.8 Å². The van der Waals surface area contributed by atoms with Crippen LogP contribution in [-0.2, 0) is 0 Å². The lowest BCUT2D eigenvalue weighted by Gasteiger charge is -2.29. The molecule has 0 spiro atoms. The van der Waals surface area contributed by atoms with Crippen LogP contribution in [0, 0.1) is 18.3 Å². The van der Waals surface area contributed by atoms with Crippen molar-refractivity contribution in [3.63, 3.8) is 0 Å². The van der Waals surface area contributed by atoms with Crippen LogP contribution in [0.25, 0.3) is 0 Å². The van der Waals surface area contributed by atoms with E-state index in [1.807, 2.05) is 11.8 Å². The summed E-state index contributed by atoms with van der Waals surface area (Å²) in [6.45, 7) is 8.39. The molecule has 1 atom stereocenters. The average Bonchev–Trinajstić information content (AvgIpc) is 2.44. The van der Waals surface area contributed by atoms with Gasteiger partial charge in [-0.2, -0.15) is 5.26 Å². The van der Waals surface area contributed by atoms with Gasteiger partial charge in [-0.25, -0.2) is 0 Å². The van der Waals surface area contributed by atoms with Crippen molar-refractivity contribution in [1.29, 1.82) is 5.26 Å². The van der Waals surface area contributed by atoms with E-state index in [-0.39, 0.29) is 5.54 Å². The summed E-state index contributed by atoms with van der Waals surface area (Å²) >= 11 is 1.87. The minimum Gasteiger partial charge on any atom is -0.297 e. The van der Waals surface area contributed by atoms with Crippen molar-refractivity contribution < 1.29 is 0 Å². The third-order valence-electron chi connectivity index (χ3n) is 3.42. The van der Waals surface area contributed by atoms with Crippen molar-refractivity contribution in [3.8, 4) is 6.07 Å². The van der Waals surface area contributed by atoms with Crippen molar-refractivity contribution in [3.05, 3.63) is 29.8 Å². The fourth-order valence-electron chi connectivity index (χ4n) is 2.27. The summed E-state index contributed by atoms with van der Waals surface area (Å²) in [6.07, 6.45) is 2.83. The van der Waals surface area contributed by atoms with E-state index in [2.05, 4.69) is 63.3 Å². The Labute approximate surface area is 128 Å². The molecule has 0 saturated heterocycles. The summed E-state index contributed by atoms with van der Waals surface area (Å²) in [7, 11) is 0. The highest BCUT2D eigenvalue weighted by Gasteiger charge is 2.27. The highest BCUT2D eigenvalue weighted by atomic mass is 32.2. The molecule has 20 heavy (non-hydrogen) atoms. The third kappa shape index (κ3) is 5.56. The minimum atomic E-state index is -0.359. The van der Waals surface area contributed by atoms with Crippen LogP contribution in [0.1, 0.15) is 45.6 Å². The summed E-state index contributed by atoms with van der Waals surface area (Å²) in [6, 6.07) is 11.5. The van der Waals surface area contributed by atoms with Gasteiger partial charge in [0.25, 0.3) is 0 Å². The van der Waals surface area contributed by atoms with Crippen molar-refractivity contribution in [2.24, 2.45) is 0 Å². The van der Waals surface area contributed by atoms with Gasteiger partial charge in [-0.1, -0.05) is 24.6 Å². The minimum absolute atomic E-state index is 0.347. The summed E-state index contributed by atoms with van der Waals surface area (Å²) < 4.78 is 0. The zero-order valence-corrected chi connectivity index (χ0v) is 13.9. The van der Waals surface area contributed by atoms with Gasteiger partial charge in [0.05, 0.1) is 6.07 Å². The molecule has 0 bridgehead atoms. The fourth-order valence-corrected chi connectivity index (χ4v) is 3.12. The number of nitrogens with one attached hydrogen (secondary N) is 1. The highest BCUT2D eigenvalue weighted by molar-refractivity contribution is 7.99. The Morgan fingerprint density at radius 2 is 1.95 bits per heavy atom. The smallest absolute Gasteiger partial charge is 0.106 e. The molecule has 0 aliphatic rings. The zero-order chi connectivity index (χ0) is 15.0. The van der Waals surface area contributed by atoms with Crippen LogP contribution in [0.2, 0.25) is 0 Å². The number of hydrogen-bond acceptors (Lipinski definition) is 3. The normalized spacial score (nSPS) is 14.0. The summed E-state index contributed by atoms with van der Waals surface area (Å²) in [4.78, 5) is 1.31. The first kappa shape index (κ1) is 17.1. The Kier molecular flexibility index (Phi) is 7.12. The molecule has 1 rings (SSSR count). The molecule has 0 fully saturated rings. The fraction of sp³-hybridized carbons (Fsp3) is 0.588. The lowest BCUT2D eigenvalue weighted by Crippen LogP contribution is -2.47. The largest absolute Gasteiger partial charge is 0.297 e. The molecule has 110 valence electrons. The number of nitriles is 1. The second-order valence-electron chi connectivity index (χ2n) is 5.61. The van der Waals surface area contributed by atoms with Gasteiger partial charge in [0, 0.05) is 10.9 Å². The van der Waals surface area contributed by atoms with E-state index >= 15 is 0 Å². The molecule has 0 aliphatic heterocycles. The van der Waals surface area contributed by atoms with Crippen LogP contribution in [0.3, 0.4) is 0 Å². The molecule has 2 nitrogen and oxygen atoms in total. The van der Waals surface area contributed by atoms with E-state index in [0.29, 0.717) is 6.04 Å². The second kappa shape index (κ2) is 8.34. The second-order valence-corrected chi connectivity index (χ2v) is 6.78. The predicted octanol–water partition coefficient (Wildman–Crippen LogP) is 4.54. The van der Waals surface area contributed by atoms with E-state index in [4.69, 9.17) is 0 Å². The van der Waals surface area contributed by atoms with Gasteiger partial charge in [0.2, 0.25) is 0 Å². The van der Waals surface area contributed by atoms with Crippen LogP contribution < -0.4 is 5.32 Å². The quantitative estimate of drug-likeness (QED) is 0.564. The topological polar surface area (TPSA) is 35.8 Å². The molecule has 0 aromatic heterocycles. The van der Waals surface area contributed by atoms with Gasteiger partial charge in [-0.3, -0.25) is 5.32 Å². The van der Waals surface area contributed by atoms with Crippen molar-refractivity contribution in [2.75, 3.05) is 5.75 Å². The Morgan fingerprint density at radius 3 is 2.45 bits per heavy atom. The van der Waals surface area contributed by atoms with Crippen molar-refractivity contribution in [1.82, 2.24) is 5.32 Å². The summed E-state index contributed by atoms with van der Waals surface area (Å²) in [5.41, 5.74) is 0.937. The van der Waals surface area contributed by atoms with Gasteiger partial charge < -0.3 is 0 Å². The maximum atomic E-state index is 9.45. The standard InChI is InChI=1S/C17H26N2S/c1-5-17(13-18,19-14(2)3)11-6-12-20-16-9-7-15(4)8-10-16/h7-10,14,19H,5-6,11-12H2,1-4H3. The van der Waals surface area contributed by atoms with Crippen molar-refractivity contribution >= 4 is 11.8 Å². The molecule has 0 radical (unpaired) electrons. The molecule has 1 aromatic rings. The summed E-state index contributed by atoms with van der Waals surface area (Å²) in [5, 5.41) is 12.9. The molecular weight excluding hydrogens is 264 g/mol. The lowest BCUT2D eigenvalue weighted by molar-refractivity contribution is 0.341. The lowest BCUT2D eigenvalue weighted by atomic mass is 9.91. The Bertz CT molecular complexity index is 433. The van der Waals surface area contributed by atoms with E-state index in [9.17, 15) is 5.26 Å². The van der Waals surface area contributed by atoms with Gasteiger partial charge >= 0.3 is 0 Å². The first-order valence-corrected chi connectivity index (χ1v) is 8.38. The number of hydrogen-bond donors (Lipinski definition) is 1. The molecule has 0 heterocycles. The van der Waals surface area contributed by atoms with E-state index < -0.39 is 0 Å². The third-order valence-corrected chi connectivity index (χ3v) is 4.52. The molecule has 1 aromatic carbocycles. The monoisotopic (exact) mass is 290 g/mol. The van der Waals surface area contributed by atoms with Crippen LogP contribution in [0.15, 0.2) is 29.2 Å². The van der Waals surface area contributed by atoms with Gasteiger partial charge in [-0.05, 0) is 57.9 Å². The predicted molar refractivity (Wildman–Crippen MR) is 88.0 cm³/mol. The van der Waals surface area contributed by atoms with E-state index in [1.54, 1.807) is 0 Å². The maximum Gasteiger partial charge on any atom is 0.106 e. The molecule has 0 aliphatic carbocycles. The Morgan fingerprint density at radius 1 is 1.30 bits per heavy atom. The molecule has 3 heteroatoms. The SMILES string of the molecule is CCC(C#N)(CCCSc1ccc(C)cc1)NC(C)C. The van der Waals surface area contributed by atoms with E-state index in [1.165, 1.54) is 10.5 Å². The highest BCUT2D eigenvalue weighted by Crippen LogP contribution is 2.23. The van der Waals surface area contributed by atoms with Crippen molar-refractivity contribution in [2.45, 2.75) is 63.4 Å². The molecule has 1 unspecified atom stereocenters. The molecule has 1 N–H and O–H groups in total. The number of rotatable bonds is 8. The first-order chi connectivity index (χ1) is 9.51. The number of nitrogens with zero attached hydrogens (tertiary/aromatic N) is 1. The van der Waals surface area contributed by atoms with Gasteiger partial charge in [0.1, 0.15) is 5.54 Å². The zero-order valence-electron chi connectivity index (χ0n) is 13.1. The maximum absolute atomic E-state index is 9.45. The van der Waals surface area contributed by atoms with Gasteiger partial charge in [0.15, 0.2) is 0 Å². The molecule has 0 saturated carbocycles. The number of benzene rings is 1. The Hall–Kier alpha value is -0.980. The van der Waals surface area contributed by atoms with Crippen LogP contribution in [0.5, 0.6) is 0 Å². The van der Waals surface area contributed by atoms with E-state index in [0.717, 1.165) is 25.0 Å². The van der Waals surface area contributed by atoms with Gasteiger partial charge in [-0.15, -0.1) is 11.8 Å². The average molecular weight is 290 g/mol.